The zero-order chi connectivity index (χ0) is 21.4. The van der Waals surface area contributed by atoms with Crippen molar-refractivity contribution in [2.75, 3.05) is 24.6 Å². The topological polar surface area (TPSA) is 74.3 Å². The van der Waals surface area contributed by atoms with Gasteiger partial charge in [-0.2, -0.15) is 5.10 Å². The number of nitrogens with zero attached hydrogens (tertiary/aromatic N) is 4. The lowest BCUT2D eigenvalue weighted by molar-refractivity contribution is -0.129. The number of amides is 1. The largest absolute Gasteiger partial charge is 0.478 e. The minimum atomic E-state index is 0.116. The molecule has 0 atom stereocenters. The quantitative estimate of drug-likeness (QED) is 0.698. The van der Waals surface area contributed by atoms with Crippen LogP contribution in [-0.2, 0) is 24.2 Å². The van der Waals surface area contributed by atoms with Crippen LogP contribution in [0.25, 0.3) is 11.1 Å². The van der Waals surface area contributed by atoms with E-state index in [2.05, 4.69) is 44.3 Å². The van der Waals surface area contributed by atoms with Gasteiger partial charge in [-0.15, -0.1) is 0 Å². The number of fused-ring (bicyclic) bond motifs is 2. The van der Waals surface area contributed by atoms with Gasteiger partial charge in [-0.1, -0.05) is 6.07 Å². The maximum atomic E-state index is 11.9. The lowest BCUT2D eigenvalue weighted by Gasteiger charge is -2.32. The highest BCUT2D eigenvalue weighted by Crippen LogP contribution is 2.38. The zero-order valence-electron chi connectivity index (χ0n) is 18.0. The van der Waals surface area contributed by atoms with Crippen molar-refractivity contribution in [1.29, 1.82) is 0 Å². The van der Waals surface area contributed by atoms with Crippen molar-refractivity contribution in [1.82, 2.24) is 20.1 Å². The summed E-state index contributed by atoms with van der Waals surface area (Å²) in [6.07, 6.45) is 4.80. The number of pyridine rings is 1. The summed E-state index contributed by atoms with van der Waals surface area (Å²) in [6.45, 7) is 6.51. The van der Waals surface area contributed by atoms with E-state index < -0.39 is 0 Å². The molecule has 160 valence electrons. The number of hydrogen-bond donors (Lipinski definition) is 1. The van der Waals surface area contributed by atoms with Gasteiger partial charge < -0.3 is 14.5 Å². The number of hydrogen-bond acceptors (Lipinski definition) is 5. The summed E-state index contributed by atoms with van der Waals surface area (Å²) < 4.78 is 5.46. The van der Waals surface area contributed by atoms with Crippen LogP contribution in [0.15, 0.2) is 36.5 Å². The van der Waals surface area contributed by atoms with Gasteiger partial charge in [0.05, 0.1) is 13.2 Å². The number of aromatic nitrogens is 3. The van der Waals surface area contributed by atoms with E-state index in [1.807, 2.05) is 24.1 Å². The van der Waals surface area contributed by atoms with Gasteiger partial charge in [-0.3, -0.25) is 9.89 Å². The van der Waals surface area contributed by atoms with Crippen LogP contribution in [0.2, 0.25) is 0 Å². The number of rotatable bonds is 4. The molecule has 7 nitrogen and oxygen atoms in total. The van der Waals surface area contributed by atoms with Crippen LogP contribution < -0.4 is 9.64 Å². The zero-order valence-corrected chi connectivity index (χ0v) is 18.0. The van der Waals surface area contributed by atoms with Crippen LogP contribution >= 0.6 is 0 Å². The number of carbonyl (C=O) groups excluding carboxylic acids is 1. The predicted molar refractivity (Wildman–Crippen MR) is 120 cm³/mol. The normalized spacial score (nSPS) is 15.4. The first-order chi connectivity index (χ1) is 15.1. The first kappa shape index (κ1) is 19.6. The highest BCUT2D eigenvalue weighted by atomic mass is 16.5. The van der Waals surface area contributed by atoms with Crippen molar-refractivity contribution < 1.29 is 9.53 Å². The molecule has 31 heavy (non-hydrogen) atoms. The summed E-state index contributed by atoms with van der Waals surface area (Å²) in [4.78, 5) is 20.5. The summed E-state index contributed by atoms with van der Waals surface area (Å²) in [6, 6.07) is 10.6. The van der Waals surface area contributed by atoms with Crippen LogP contribution in [0.3, 0.4) is 0 Å². The minimum absolute atomic E-state index is 0.116. The van der Waals surface area contributed by atoms with Gasteiger partial charge in [0.25, 0.3) is 0 Å². The van der Waals surface area contributed by atoms with E-state index in [-0.39, 0.29) is 5.91 Å². The van der Waals surface area contributed by atoms with Crippen LogP contribution in [-0.4, -0.2) is 45.7 Å². The average molecular weight is 418 g/mol. The summed E-state index contributed by atoms with van der Waals surface area (Å²) >= 11 is 0. The Labute approximate surface area is 182 Å². The number of benzene rings is 1. The van der Waals surface area contributed by atoms with Gasteiger partial charge >= 0.3 is 0 Å². The molecule has 0 bridgehead atoms. The number of anilines is 2. The Morgan fingerprint density at radius 3 is 2.81 bits per heavy atom. The van der Waals surface area contributed by atoms with Gasteiger partial charge in [0.1, 0.15) is 0 Å². The standard InChI is InChI=1S/C24H27N5O2/c1-3-31-23-9-7-19(14-25-23)17-6-8-22-18(13-17)5-4-11-29(22)24-20-15-28(16(2)30)12-10-21(20)26-27-24/h6-9,13-14H,3-5,10-12,15H2,1-2H3,(H,26,27). The van der Waals surface area contributed by atoms with E-state index in [1.165, 1.54) is 11.3 Å². The maximum Gasteiger partial charge on any atom is 0.219 e. The third-order valence-corrected chi connectivity index (χ3v) is 6.17. The molecule has 3 aromatic rings. The molecule has 1 aromatic carbocycles. The molecule has 2 aromatic heterocycles. The van der Waals surface area contributed by atoms with Crippen molar-refractivity contribution in [3.8, 4) is 17.0 Å². The number of aryl methyl sites for hydroxylation is 1. The lowest BCUT2D eigenvalue weighted by atomic mass is 9.96. The highest BCUT2D eigenvalue weighted by molar-refractivity contribution is 5.76. The van der Waals surface area contributed by atoms with E-state index in [0.717, 1.165) is 60.6 Å². The molecule has 5 rings (SSSR count). The van der Waals surface area contributed by atoms with Gasteiger partial charge in [0.15, 0.2) is 5.82 Å². The molecule has 0 spiro atoms. The van der Waals surface area contributed by atoms with Crippen molar-refractivity contribution >= 4 is 17.4 Å². The van der Waals surface area contributed by atoms with E-state index in [4.69, 9.17) is 4.74 Å². The average Bonchev–Trinajstić information content (AvgIpc) is 3.22. The summed E-state index contributed by atoms with van der Waals surface area (Å²) in [5.41, 5.74) is 7.04. The second kappa shape index (κ2) is 8.06. The third-order valence-electron chi connectivity index (χ3n) is 6.17. The number of carbonyl (C=O) groups is 1. The van der Waals surface area contributed by atoms with Gasteiger partial charge in [-0.25, -0.2) is 4.98 Å². The van der Waals surface area contributed by atoms with Crippen LogP contribution in [0, 0.1) is 0 Å². The highest BCUT2D eigenvalue weighted by Gasteiger charge is 2.28. The molecule has 2 aliphatic heterocycles. The fraction of sp³-hybridized carbons (Fsp3) is 0.375. The summed E-state index contributed by atoms with van der Waals surface area (Å²) in [5, 5.41) is 7.88. The van der Waals surface area contributed by atoms with Gasteiger partial charge in [-0.05, 0) is 49.1 Å². The van der Waals surface area contributed by atoms with Crippen LogP contribution in [0.1, 0.15) is 37.1 Å². The first-order valence-corrected chi connectivity index (χ1v) is 11.0. The number of ether oxygens (including phenoxy) is 1. The van der Waals surface area contributed by atoms with E-state index >= 15 is 0 Å². The number of aromatic amines is 1. The Hall–Kier alpha value is -3.35. The van der Waals surface area contributed by atoms with Gasteiger partial charge in [0, 0.05) is 61.2 Å². The van der Waals surface area contributed by atoms with Crippen LogP contribution in [0.5, 0.6) is 5.88 Å². The molecule has 1 amide bonds. The third kappa shape index (κ3) is 3.65. The van der Waals surface area contributed by atoms with Crippen LogP contribution in [0.4, 0.5) is 11.5 Å². The number of H-pyrrole nitrogens is 1. The Kier molecular flexibility index (Phi) is 5.10. The smallest absolute Gasteiger partial charge is 0.219 e. The fourth-order valence-electron chi connectivity index (χ4n) is 4.55. The molecule has 0 fully saturated rings. The molecule has 0 saturated heterocycles. The first-order valence-electron chi connectivity index (χ1n) is 11.0. The van der Waals surface area contributed by atoms with E-state index in [1.54, 1.807) is 6.92 Å². The van der Waals surface area contributed by atoms with Gasteiger partial charge in [0.2, 0.25) is 11.8 Å². The summed E-state index contributed by atoms with van der Waals surface area (Å²) in [5.74, 6) is 1.72. The SMILES string of the molecule is CCOc1ccc(-c2ccc3c(c2)CCCN3c2n[nH]c3c2CN(C(C)=O)CC3)cn1. The maximum absolute atomic E-state index is 11.9. The second-order valence-electron chi connectivity index (χ2n) is 8.11. The molecule has 2 aliphatic rings. The molecule has 4 heterocycles. The monoisotopic (exact) mass is 417 g/mol. The van der Waals surface area contributed by atoms with Crippen molar-refractivity contribution in [2.24, 2.45) is 0 Å². The molecular weight excluding hydrogens is 390 g/mol. The van der Waals surface area contributed by atoms with Crippen molar-refractivity contribution in [2.45, 2.75) is 39.7 Å². The van der Waals surface area contributed by atoms with Crippen molar-refractivity contribution in [3.05, 3.63) is 53.3 Å². The molecule has 1 N–H and O–H groups in total. The Morgan fingerprint density at radius 2 is 2.03 bits per heavy atom. The minimum Gasteiger partial charge on any atom is -0.478 e. The molecule has 0 unspecified atom stereocenters. The molecule has 0 radical (unpaired) electrons. The summed E-state index contributed by atoms with van der Waals surface area (Å²) in [7, 11) is 0. The fourth-order valence-corrected chi connectivity index (χ4v) is 4.55. The Morgan fingerprint density at radius 1 is 1.16 bits per heavy atom. The molecule has 7 heteroatoms. The number of nitrogens with one attached hydrogen (secondary N) is 1. The predicted octanol–water partition coefficient (Wildman–Crippen LogP) is 3.86. The molecular formula is C24H27N5O2. The molecule has 0 saturated carbocycles. The van der Waals surface area contributed by atoms with Crippen molar-refractivity contribution in [3.63, 3.8) is 0 Å². The molecule has 0 aliphatic carbocycles. The Bertz CT molecular complexity index is 1110. The van der Waals surface area contributed by atoms with E-state index in [0.29, 0.717) is 19.0 Å². The van der Waals surface area contributed by atoms with E-state index in [9.17, 15) is 4.79 Å². The Balaban J connectivity index is 1.45. The second-order valence-corrected chi connectivity index (χ2v) is 8.11. The lowest BCUT2D eigenvalue weighted by Crippen LogP contribution is -2.35.